The number of piperidine rings is 2. The molecular formula is C58H83LiN2O7. The summed E-state index contributed by atoms with van der Waals surface area (Å²) >= 11 is 0. The van der Waals surface area contributed by atoms with Gasteiger partial charge in [0.25, 0.3) is 0 Å². The molecule has 0 radical (unpaired) electrons. The largest absolute Gasteiger partial charge is 1.00 e. The average Bonchev–Trinajstić information content (AvgIpc) is 3.32. The van der Waals surface area contributed by atoms with Crippen LogP contribution < -0.4 is 28.3 Å². The molecule has 0 unspecified atom stereocenters. The molecule has 4 aliphatic rings. The van der Waals surface area contributed by atoms with Crippen molar-refractivity contribution in [3.63, 3.8) is 0 Å². The maximum absolute atomic E-state index is 12.0. The number of carboxylic acids is 1. The molecule has 8 rings (SSSR count). The van der Waals surface area contributed by atoms with Crippen molar-refractivity contribution in [3.05, 3.63) is 83.9 Å². The van der Waals surface area contributed by atoms with Crippen LogP contribution in [0.3, 0.4) is 0 Å². The van der Waals surface area contributed by atoms with Gasteiger partial charge in [-0.05, 0) is 202 Å². The number of hydrogen-bond donors (Lipinski definition) is 1. The van der Waals surface area contributed by atoms with Crippen molar-refractivity contribution in [2.24, 2.45) is 34.5 Å². The molecule has 2 aliphatic heterocycles. The first kappa shape index (κ1) is 55.3. The Balaban J connectivity index is 0.000000247. The normalized spacial score (nSPS) is 22.3. The van der Waals surface area contributed by atoms with Crippen LogP contribution in [0, 0.1) is 34.5 Å². The maximum Gasteiger partial charge on any atom is 1.00 e. The Labute approximate surface area is 420 Å². The second-order valence-corrected chi connectivity index (χ2v) is 21.7. The first-order valence-corrected chi connectivity index (χ1v) is 25.9. The van der Waals surface area contributed by atoms with Crippen molar-refractivity contribution >= 4 is 33.5 Å². The van der Waals surface area contributed by atoms with E-state index in [1.54, 1.807) is 0 Å². The summed E-state index contributed by atoms with van der Waals surface area (Å²) in [5, 5.41) is 14.1. The van der Waals surface area contributed by atoms with E-state index >= 15 is 0 Å². The van der Waals surface area contributed by atoms with Crippen LogP contribution in [0.15, 0.2) is 72.8 Å². The van der Waals surface area contributed by atoms with Gasteiger partial charge in [0.15, 0.2) is 0 Å². The average molecular weight is 927 g/mol. The molecule has 10 heteroatoms. The predicted octanol–water partition coefficient (Wildman–Crippen LogP) is 10.3. The molecule has 2 aliphatic carbocycles. The Morgan fingerprint density at radius 3 is 1.28 bits per heavy atom. The van der Waals surface area contributed by atoms with E-state index in [0.717, 1.165) is 114 Å². The number of aliphatic carboxylic acids is 1. The fourth-order valence-corrected chi connectivity index (χ4v) is 11.2. The number of fused-ring (bicyclic) bond motifs is 2. The van der Waals surface area contributed by atoms with Crippen LogP contribution in [0.1, 0.15) is 149 Å². The third kappa shape index (κ3) is 15.0. The Morgan fingerprint density at radius 1 is 0.544 bits per heavy atom. The summed E-state index contributed by atoms with van der Waals surface area (Å²) in [6.45, 7) is 22.1. The molecule has 0 bridgehead atoms. The van der Waals surface area contributed by atoms with Crippen molar-refractivity contribution in [1.82, 2.24) is 9.80 Å². The summed E-state index contributed by atoms with van der Waals surface area (Å²) < 4.78 is 18.0. The van der Waals surface area contributed by atoms with Crippen LogP contribution >= 0.6 is 0 Å². The summed E-state index contributed by atoms with van der Waals surface area (Å²) in [4.78, 5) is 28.0. The number of carboxylic acid groups (broad SMARTS) is 1. The van der Waals surface area contributed by atoms with Crippen molar-refractivity contribution in [1.29, 1.82) is 0 Å². The van der Waals surface area contributed by atoms with Gasteiger partial charge in [-0.25, -0.2) is 0 Å². The van der Waals surface area contributed by atoms with Gasteiger partial charge in [0.1, 0.15) is 11.5 Å². The van der Waals surface area contributed by atoms with E-state index in [-0.39, 0.29) is 42.1 Å². The zero-order valence-electron chi connectivity index (χ0n) is 43.1. The molecule has 2 heterocycles. The number of hydrogen-bond acceptors (Lipinski definition) is 8. The Bertz CT molecular complexity index is 2200. The smallest absolute Gasteiger partial charge is 0.870 e. The SMILES string of the molecule is CCC(C)(C)C1CCC(Oc2ccc3cc(CN4CCC(C(=O)O)CC4)ccc3c2)CC1.CCOC(=O)C1CCN(Cc2ccc3cc(OC4CCC(C(C)(C)CC)CC4)ccc3c2)CC1.[Li+].[OH-]. The number of nitrogens with zero attached hydrogens (tertiary/aromatic N) is 2. The standard InChI is InChI=1S/C30H43NO3.C28H39NO3.Li.H2O/c1-5-30(3,4)26-10-13-27(14-11-26)34-28-12-9-24-19-22(7-8-25(24)20-28)21-31-17-15-23(16-18-31)29(32)33-6-2;1-4-28(2,3)24-8-11-25(12-9-24)32-26-10-7-22-17-20(5-6-23(22)18-26)19-29-15-13-21(14-16-29)27(30)31;;/h7-9,12,19-20,23,26-27H,5-6,10-11,13-18,21H2,1-4H3;5-7,10,17-18,21,24-25H,4,8-9,11-16,19H2,1-3H3,(H,30,31);;1H2/q;;+1;/p-1. The minimum Gasteiger partial charge on any atom is -0.870 e. The van der Waals surface area contributed by atoms with E-state index in [0.29, 0.717) is 29.6 Å². The molecule has 68 heavy (non-hydrogen) atoms. The van der Waals surface area contributed by atoms with Crippen LogP contribution in [0.2, 0.25) is 0 Å². The van der Waals surface area contributed by atoms with Gasteiger partial charge in [-0.3, -0.25) is 19.4 Å². The Morgan fingerprint density at radius 2 is 0.912 bits per heavy atom. The molecule has 4 aromatic carbocycles. The fraction of sp³-hybridized carbons (Fsp3) is 0.621. The number of carbonyl (C=O) groups excluding carboxylic acids is 1. The molecule has 0 aromatic heterocycles. The fourth-order valence-electron chi connectivity index (χ4n) is 11.2. The second-order valence-electron chi connectivity index (χ2n) is 21.7. The predicted molar refractivity (Wildman–Crippen MR) is 271 cm³/mol. The van der Waals surface area contributed by atoms with E-state index in [9.17, 15) is 14.7 Å². The van der Waals surface area contributed by atoms with Crippen molar-refractivity contribution in [2.45, 2.75) is 164 Å². The van der Waals surface area contributed by atoms with Crippen LogP contribution in [0.25, 0.3) is 21.5 Å². The van der Waals surface area contributed by atoms with Crippen molar-refractivity contribution < 1.29 is 53.2 Å². The molecule has 0 amide bonds. The zero-order valence-corrected chi connectivity index (χ0v) is 43.1. The van der Waals surface area contributed by atoms with Gasteiger partial charge in [-0.15, -0.1) is 0 Å². The van der Waals surface area contributed by atoms with Gasteiger partial charge >= 0.3 is 30.8 Å². The topological polar surface area (TPSA) is 119 Å². The molecule has 2 saturated carbocycles. The monoisotopic (exact) mass is 927 g/mol. The molecule has 0 atom stereocenters. The summed E-state index contributed by atoms with van der Waals surface area (Å²) in [5.74, 6) is 2.85. The number of likely N-dealkylation sites (tertiary alicyclic amines) is 2. The molecule has 0 spiro atoms. The molecule has 2 N–H and O–H groups in total. The van der Waals surface area contributed by atoms with Crippen molar-refractivity contribution in [2.75, 3.05) is 32.8 Å². The van der Waals surface area contributed by atoms with Gasteiger partial charge in [0, 0.05) is 13.1 Å². The van der Waals surface area contributed by atoms with E-state index in [4.69, 9.17) is 14.2 Å². The summed E-state index contributed by atoms with van der Waals surface area (Å²) in [7, 11) is 0. The van der Waals surface area contributed by atoms with E-state index < -0.39 is 5.97 Å². The third-order valence-corrected chi connectivity index (χ3v) is 16.7. The van der Waals surface area contributed by atoms with Crippen LogP contribution in [0.5, 0.6) is 11.5 Å². The van der Waals surface area contributed by atoms with Gasteiger partial charge < -0.3 is 24.8 Å². The molecule has 9 nitrogen and oxygen atoms in total. The quantitative estimate of drug-likeness (QED) is 0.0918. The number of carbonyl (C=O) groups is 2. The zero-order chi connectivity index (χ0) is 46.8. The van der Waals surface area contributed by atoms with Gasteiger partial charge in [0.2, 0.25) is 0 Å². The number of ether oxygens (including phenoxy) is 3. The number of rotatable bonds is 15. The van der Waals surface area contributed by atoms with Gasteiger partial charge in [0.05, 0.1) is 30.7 Å². The van der Waals surface area contributed by atoms with E-state index in [2.05, 4.69) is 124 Å². The molecule has 4 fully saturated rings. The van der Waals surface area contributed by atoms with Crippen LogP contribution in [-0.2, 0) is 27.4 Å². The summed E-state index contributed by atoms with van der Waals surface area (Å²) in [6, 6.07) is 26.4. The van der Waals surface area contributed by atoms with Gasteiger partial charge in [-0.2, -0.15) is 0 Å². The summed E-state index contributed by atoms with van der Waals surface area (Å²) in [5.41, 5.74) is 3.50. The number of benzene rings is 4. The molecular weight excluding hydrogens is 844 g/mol. The van der Waals surface area contributed by atoms with Gasteiger partial charge in [-0.1, -0.05) is 90.8 Å². The van der Waals surface area contributed by atoms with E-state index in [1.807, 2.05) is 6.92 Å². The first-order chi connectivity index (χ1) is 31.7. The molecule has 368 valence electrons. The van der Waals surface area contributed by atoms with Crippen molar-refractivity contribution in [3.8, 4) is 11.5 Å². The minimum absolute atomic E-state index is 0. The maximum atomic E-state index is 12.0. The second kappa shape index (κ2) is 25.5. The summed E-state index contributed by atoms with van der Waals surface area (Å²) in [6.07, 6.45) is 16.2. The van der Waals surface area contributed by atoms with Crippen LogP contribution in [0.4, 0.5) is 0 Å². The minimum atomic E-state index is -0.647. The third-order valence-electron chi connectivity index (χ3n) is 16.7. The Hall–Kier alpha value is -3.58. The van der Waals surface area contributed by atoms with E-state index in [1.165, 1.54) is 71.2 Å². The first-order valence-electron chi connectivity index (χ1n) is 25.9. The molecule has 4 aromatic rings. The molecule has 2 saturated heterocycles. The Kier molecular flexibility index (Phi) is 20.8. The number of esters is 1. The van der Waals surface area contributed by atoms with Crippen LogP contribution in [-0.4, -0.2) is 77.3 Å².